The maximum absolute atomic E-state index is 12.6. The number of morpholine rings is 1. The molecule has 0 aliphatic carbocycles. The fraction of sp³-hybridized carbons (Fsp3) is 0.857. The summed E-state index contributed by atoms with van der Waals surface area (Å²) in [7, 11) is 0. The van der Waals surface area contributed by atoms with Crippen LogP contribution in [0.1, 0.15) is 27.2 Å². The summed E-state index contributed by atoms with van der Waals surface area (Å²) in [6, 6.07) is -0.611. The van der Waals surface area contributed by atoms with Crippen molar-refractivity contribution < 1.29 is 14.3 Å². The van der Waals surface area contributed by atoms with Gasteiger partial charge in [-0.2, -0.15) is 0 Å². The molecule has 2 heterocycles. The van der Waals surface area contributed by atoms with Crippen molar-refractivity contribution in [3.05, 3.63) is 0 Å². The first-order valence-electron chi connectivity index (χ1n) is 7.42. The highest BCUT2D eigenvalue weighted by atomic mass is 16.5. The molecule has 2 amide bonds. The predicted molar refractivity (Wildman–Crippen MR) is 75.2 cm³/mol. The SMILES string of the molecule is CC(C)NC(=O)C1COCCN1C(=O)C1NCCC1C. The average molecular weight is 283 g/mol. The Bertz CT molecular complexity index is 373. The van der Waals surface area contributed by atoms with Crippen molar-refractivity contribution in [3.8, 4) is 0 Å². The van der Waals surface area contributed by atoms with Crippen molar-refractivity contribution in [3.63, 3.8) is 0 Å². The second-order valence-electron chi connectivity index (χ2n) is 5.98. The minimum absolute atomic E-state index is 0.0298. The summed E-state index contributed by atoms with van der Waals surface area (Å²) in [6.45, 7) is 8.03. The molecule has 0 bridgehead atoms. The largest absolute Gasteiger partial charge is 0.377 e. The number of carbonyl (C=O) groups excluding carboxylic acids is 2. The van der Waals surface area contributed by atoms with Crippen LogP contribution < -0.4 is 10.6 Å². The Kier molecular flexibility index (Phi) is 4.99. The molecule has 0 aromatic carbocycles. The van der Waals surface area contributed by atoms with Gasteiger partial charge in [0.1, 0.15) is 6.04 Å². The monoisotopic (exact) mass is 283 g/mol. The summed E-state index contributed by atoms with van der Waals surface area (Å²) in [5.74, 6) is 0.222. The third kappa shape index (κ3) is 3.30. The van der Waals surface area contributed by atoms with Crippen molar-refractivity contribution in [1.82, 2.24) is 15.5 Å². The average Bonchev–Trinajstić information content (AvgIpc) is 2.83. The lowest BCUT2D eigenvalue weighted by Gasteiger charge is -2.37. The lowest BCUT2D eigenvalue weighted by atomic mass is 10.0. The Morgan fingerprint density at radius 3 is 2.75 bits per heavy atom. The van der Waals surface area contributed by atoms with Crippen LogP contribution in [0.4, 0.5) is 0 Å². The Hall–Kier alpha value is -1.14. The van der Waals surface area contributed by atoms with Gasteiger partial charge in [0.15, 0.2) is 0 Å². The minimum atomic E-state index is -0.506. The van der Waals surface area contributed by atoms with E-state index in [1.54, 1.807) is 4.90 Å². The number of amides is 2. The summed E-state index contributed by atoms with van der Waals surface area (Å²) >= 11 is 0. The standard InChI is InChI=1S/C14H25N3O3/c1-9(2)16-13(18)11-8-20-7-6-17(11)14(19)12-10(3)4-5-15-12/h9-12,15H,4-8H2,1-3H3,(H,16,18). The molecule has 2 saturated heterocycles. The normalized spacial score (nSPS) is 30.6. The van der Waals surface area contributed by atoms with Gasteiger partial charge in [0.05, 0.1) is 19.3 Å². The number of hydrogen-bond donors (Lipinski definition) is 2. The fourth-order valence-electron chi connectivity index (χ4n) is 2.81. The van der Waals surface area contributed by atoms with E-state index in [2.05, 4.69) is 17.6 Å². The van der Waals surface area contributed by atoms with Crippen LogP contribution in [0.3, 0.4) is 0 Å². The first kappa shape index (κ1) is 15.3. The molecule has 2 rings (SSSR count). The number of nitrogens with zero attached hydrogens (tertiary/aromatic N) is 1. The Balaban J connectivity index is 2.06. The molecule has 3 atom stereocenters. The van der Waals surface area contributed by atoms with Crippen molar-refractivity contribution in [2.75, 3.05) is 26.3 Å². The van der Waals surface area contributed by atoms with Gasteiger partial charge >= 0.3 is 0 Å². The van der Waals surface area contributed by atoms with Crippen molar-refractivity contribution in [2.24, 2.45) is 5.92 Å². The molecular formula is C14H25N3O3. The van der Waals surface area contributed by atoms with Gasteiger partial charge in [-0.15, -0.1) is 0 Å². The molecule has 2 fully saturated rings. The van der Waals surface area contributed by atoms with Crippen LogP contribution in [-0.4, -0.2) is 61.1 Å². The summed E-state index contributed by atoms with van der Waals surface area (Å²) in [4.78, 5) is 26.5. The van der Waals surface area contributed by atoms with E-state index >= 15 is 0 Å². The van der Waals surface area contributed by atoms with Crippen LogP contribution in [0, 0.1) is 5.92 Å². The molecule has 3 unspecified atom stereocenters. The van der Waals surface area contributed by atoms with Gasteiger partial charge in [-0.1, -0.05) is 6.92 Å². The molecule has 2 aliphatic rings. The van der Waals surface area contributed by atoms with Crippen LogP contribution in [0.15, 0.2) is 0 Å². The number of carbonyl (C=O) groups is 2. The molecule has 20 heavy (non-hydrogen) atoms. The maximum atomic E-state index is 12.6. The lowest BCUT2D eigenvalue weighted by Crippen LogP contribution is -2.60. The zero-order valence-electron chi connectivity index (χ0n) is 12.5. The van der Waals surface area contributed by atoms with Crippen LogP contribution in [0.25, 0.3) is 0 Å². The molecule has 2 N–H and O–H groups in total. The van der Waals surface area contributed by atoms with Crippen LogP contribution >= 0.6 is 0 Å². The second kappa shape index (κ2) is 6.54. The molecule has 114 valence electrons. The van der Waals surface area contributed by atoms with E-state index in [1.807, 2.05) is 13.8 Å². The van der Waals surface area contributed by atoms with Crippen molar-refractivity contribution >= 4 is 11.8 Å². The van der Waals surface area contributed by atoms with E-state index in [0.29, 0.717) is 19.1 Å². The van der Waals surface area contributed by atoms with Gasteiger partial charge < -0.3 is 20.3 Å². The Labute approximate surface area is 120 Å². The summed E-state index contributed by atoms with van der Waals surface area (Å²) in [6.07, 6.45) is 1.00. The molecule has 6 heteroatoms. The highest BCUT2D eigenvalue weighted by Crippen LogP contribution is 2.19. The van der Waals surface area contributed by atoms with E-state index in [1.165, 1.54) is 0 Å². The first-order valence-corrected chi connectivity index (χ1v) is 7.42. The van der Waals surface area contributed by atoms with E-state index in [4.69, 9.17) is 4.74 Å². The van der Waals surface area contributed by atoms with E-state index in [0.717, 1.165) is 13.0 Å². The molecule has 0 aromatic rings. The van der Waals surface area contributed by atoms with Crippen LogP contribution in [0.5, 0.6) is 0 Å². The minimum Gasteiger partial charge on any atom is -0.377 e. The molecule has 0 aromatic heterocycles. The maximum Gasteiger partial charge on any atom is 0.245 e. The van der Waals surface area contributed by atoms with Gasteiger partial charge in [-0.05, 0) is 32.7 Å². The molecule has 0 spiro atoms. The predicted octanol–water partition coefficient (Wildman–Crippen LogP) is -0.264. The number of rotatable bonds is 3. The Morgan fingerprint density at radius 1 is 1.40 bits per heavy atom. The highest BCUT2D eigenvalue weighted by Gasteiger charge is 2.39. The topological polar surface area (TPSA) is 70.7 Å². The lowest BCUT2D eigenvalue weighted by molar-refractivity contribution is -0.150. The highest BCUT2D eigenvalue weighted by molar-refractivity contribution is 5.90. The molecule has 0 saturated carbocycles. The van der Waals surface area contributed by atoms with Gasteiger partial charge in [0.2, 0.25) is 11.8 Å². The molecule has 2 aliphatic heterocycles. The third-order valence-electron chi connectivity index (χ3n) is 3.94. The fourth-order valence-corrected chi connectivity index (χ4v) is 2.81. The molecule has 6 nitrogen and oxygen atoms in total. The zero-order chi connectivity index (χ0) is 14.7. The second-order valence-corrected chi connectivity index (χ2v) is 5.98. The summed E-state index contributed by atoms with van der Waals surface area (Å²) < 4.78 is 5.38. The quantitative estimate of drug-likeness (QED) is 0.748. The zero-order valence-corrected chi connectivity index (χ0v) is 12.5. The van der Waals surface area contributed by atoms with Gasteiger partial charge in [-0.3, -0.25) is 9.59 Å². The van der Waals surface area contributed by atoms with Gasteiger partial charge in [0, 0.05) is 12.6 Å². The van der Waals surface area contributed by atoms with E-state index in [-0.39, 0.29) is 30.5 Å². The summed E-state index contributed by atoms with van der Waals surface area (Å²) in [5, 5.41) is 6.11. The van der Waals surface area contributed by atoms with E-state index < -0.39 is 6.04 Å². The van der Waals surface area contributed by atoms with Gasteiger partial charge in [0.25, 0.3) is 0 Å². The summed E-state index contributed by atoms with van der Waals surface area (Å²) in [5.41, 5.74) is 0. The molecular weight excluding hydrogens is 258 g/mol. The van der Waals surface area contributed by atoms with Crippen LogP contribution in [-0.2, 0) is 14.3 Å². The van der Waals surface area contributed by atoms with Crippen molar-refractivity contribution in [2.45, 2.75) is 45.3 Å². The third-order valence-corrected chi connectivity index (χ3v) is 3.94. The first-order chi connectivity index (χ1) is 9.50. The number of ether oxygens (including phenoxy) is 1. The van der Waals surface area contributed by atoms with Gasteiger partial charge in [-0.25, -0.2) is 0 Å². The number of hydrogen-bond acceptors (Lipinski definition) is 4. The van der Waals surface area contributed by atoms with E-state index in [9.17, 15) is 9.59 Å². The Morgan fingerprint density at radius 2 is 2.15 bits per heavy atom. The smallest absolute Gasteiger partial charge is 0.245 e. The van der Waals surface area contributed by atoms with Crippen molar-refractivity contribution in [1.29, 1.82) is 0 Å². The molecule has 0 radical (unpaired) electrons. The van der Waals surface area contributed by atoms with Crippen LogP contribution in [0.2, 0.25) is 0 Å². The number of nitrogens with one attached hydrogen (secondary N) is 2.